The van der Waals surface area contributed by atoms with Crippen LogP contribution < -0.4 is 5.32 Å². The Morgan fingerprint density at radius 1 is 1.29 bits per heavy atom. The number of halogens is 1. The summed E-state index contributed by atoms with van der Waals surface area (Å²) < 4.78 is 3.48. The number of fused-ring (bicyclic) bond motifs is 1. The standard InChI is InChI=1S/C16H18BrN3S/c1-3-20-13-7-5-4-6-11(13)19-16(20)10-12(18-2)14-8-9-15(17)21-14/h4-9,12,18H,3,10H2,1-2H3. The Morgan fingerprint density at radius 2 is 2.10 bits per heavy atom. The molecule has 0 aliphatic heterocycles. The van der Waals surface area contributed by atoms with Crippen LogP contribution in [0.1, 0.15) is 23.7 Å². The molecule has 0 aliphatic rings. The molecule has 0 amide bonds. The summed E-state index contributed by atoms with van der Waals surface area (Å²) in [5.41, 5.74) is 2.30. The first-order valence-electron chi connectivity index (χ1n) is 7.09. The van der Waals surface area contributed by atoms with E-state index in [-0.39, 0.29) is 0 Å². The van der Waals surface area contributed by atoms with Crippen LogP contribution >= 0.6 is 27.3 Å². The van der Waals surface area contributed by atoms with Gasteiger partial charge in [-0.3, -0.25) is 0 Å². The van der Waals surface area contributed by atoms with Crippen molar-refractivity contribution in [2.24, 2.45) is 0 Å². The van der Waals surface area contributed by atoms with Crippen LogP contribution in [0.3, 0.4) is 0 Å². The average molecular weight is 364 g/mol. The van der Waals surface area contributed by atoms with Crippen molar-refractivity contribution >= 4 is 38.3 Å². The van der Waals surface area contributed by atoms with Crippen molar-refractivity contribution in [2.75, 3.05) is 7.05 Å². The van der Waals surface area contributed by atoms with Gasteiger partial charge >= 0.3 is 0 Å². The lowest BCUT2D eigenvalue weighted by molar-refractivity contribution is 0.564. The predicted molar refractivity (Wildman–Crippen MR) is 92.9 cm³/mol. The van der Waals surface area contributed by atoms with Gasteiger partial charge in [-0.15, -0.1) is 11.3 Å². The third-order valence-electron chi connectivity index (χ3n) is 3.72. The number of rotatable bonds is 5. The third-order valence-corrected chi connectivity index (χ3v) is 5.46. The summed E-state index contributed by atoms with van der Waals surface area (Å²) in [6.45, 7) is 3.12. The summed E-state index contributed by atoms with van der Waals surface area (Å²) in [6, 6.07) is 12.9. The molecule has 1 aromatic carbocycles. The molecule has 0 fully saturated rings. The SMILES string of the molecule is CCn1c(CC(NC)c2ccc(Br)s2)nc2ccccc21. The van der Waals surface area contributed by atoms with Gasteiger partial charge in [0.2, 0.25) is 0 Å². The predicted octanol–water partition coefficient (Wildman–Crippen LogP) is 4.38. The van der Waals surface area contributed by atoms with E-state index in [9.17, 15) is 0 Å². The maximum atomic E-state index is 4.82. The van der Waals surface area contributed by atoms with E-state index in [4.69, 9.17) is 4.98 Å². The van der Waals surface area contributed by atoms with Gasteiger partial charge in [0.1, 0.15) is 5.82 Å². The molecule has 110 valence electrons. The molecule has 2 heterocycles. The van der Waals surface area contributed by atoms with Crippen molar-refractivity contribution in [3.8, 4) is 0 Å². The van der Waals surface area contributed by atoms with E-state index >= 15 is 0 Å². The molecule has 0 spiro atoms. The number of hydrogen-bond donors (Lipinski definition) is 1. The Bertz CT molecular complexity index is 747. The summed E-state index contributed by atoms with van der Waals surface area (Å²) in [7, 11) is 2.01. The van der Waals surface area contributed by atoms with Crippen molar-refractivity contribution in [1.82, 2.24) is 14.9 Å². The van der Waals surface area contributed by atoms with Crippen molar-refractivity contribution in [3.05, 3.63) is 50.9 Å². The van der Waals surface area contributed by atoms with Gasteiger partial charge in [0.05, 0.1) is 14.8 Å². The van der Waals surface area contributed by atoms with Gasteiger partial charge in [0.25, 0.3) is 0 Å². The lowest BCUT2D eigenvalue weighted by Crippen LogP contribution is -2.19. The van der Waals surface area contributed by atoms with Crippen LogP contribution in [-0.2, 0) is 13.0 Å². The van der Waals surface area contributed by atoms with Gasteiger partial charge in [-0.1, -0.05) is 12.1 Å². The summed E-state index contributed by atoms with van der Waals surface area (Å²) >= 11 is 5.32. The molecule has 3 aromatic rings. The maximum absolute atomic E-state index is 4.82. The number of likely N-dealkylation sites (N-methyl/N-ethyl adjacent to an activating group) is 1. The number of hydrogen-bond acceptors (Lipinski definition) is 3. The smallest absolute Gasteiger partial charge is 0.111 e. The highest BCUT2D eigenvalue weighted by molar-refractivity contribution is 9.11. The average Bonchev–Trinajstić information content (AvgIpc) is 3.07. The highest BCUT2D eigenvalue weighted by Crippen LogP contribution is 2.29. The zero-order chi connectivity index (χ0) is 14.8. The number of aromatic nitrogens is 2. The van der Waals surface area contributed by atoms with Gasteiger partial charge < -0.3 is 9.88 Å². The number of benzene rings is 1. The molecule has 21 heavy (non-hydrogen) atoms. The molecule has 1 atom stereocenters. The fourth-order valence-corrected chi connectivity index (χ4v) is 4.21. The highest BCUT2D eigenvalue weighted by Gasteiger charge is 2.17. The topological polar surface area (TPSA) is 29.9 Å². The van der Waals surface area contributed by atoms with Gasteiger partial charge in [-0.2, -0.15) is 0 Å². The number of aryl methyl sites for hydroxylation is 1. The zero-order valence-electron chi connectivity index (χ0n) is 12.1. The highest BCUT2D eigenvalue weighted by atomic mass is 79.9. The van der Waals surface area contributed by atoms with Crippen molar-refractivity contribution in [3.63, 3.8) is 0 Å². The van der Waals surface area contributed by atoms with Crippen LogP contribution in [0.5, 0.6) is 0 Å². The van der Waals surface area contributed by atoms with E-state index < -0.39 is 0 Å². The molecule has 0 bridgehead atoms. The second-order valence-electron chi connectivity index (χ2n) is 4.95. The number of nitrogens with one attached hydrogen (secondary N) is 1. The van der Waals surface area contributed by atoms with Crippen LogP contribution in [0.4, 0.5) is 0 Å². The lowest BCUT2D eigenvalue weighted by atomic mass is 10.1. The molecule has 1 N–H and O–H groups in total. The Hall–Kier alpha value is -1.17. The van der Waals surface area contributed by atoms with Crippen LogP contribution in [0.25, 0.3) is 11.0 Å². The van der Waals surface area contributed by atoms with Crippen LogP contribution in [0.2, 0.25) is 0 Å². The Kier molecular flexibility index (Phi) is 4.42. The fourth-order valence-electron chi connectivity index (χ4n) is 2.68. The molecule has 5 heteroatoms. The van der Waals surface area contributed by atoms with Crippen LogP contribution in [0.15, 0.2) is 40.2 Å². The zero-order valence-corrected chi connectivity index (χ0v) is 14.5. The lowest BCUT2D eigenvalue weighted by Gasteiger charge is -2.15. The van der Waals surface area contributed by atoms with Gasteiger partial charge in [-0.25, -0.2) is 4.98 Å². The molecule has 2 aromatic heterocycles. The molecule has 0 radical (unpaired) electrons. The monoisotopic (exact) mass is 363 g/mol. The first-order chi connectivity index (χ1) is 10.2. The molecule has 0 aliphatic carbocycles. The van der Waals surface area contributed by atoms with Crippen molar-refractivity contribution in [1.29, 1.82) is 0 Å². The van der Waals surface area contributed by atoms with E-state index in [2.05, 4.69) is 63.1 Å². The summed E-state index contributed by atoms with van der Waals surface area (Å²) in [4.78, 5) is 6.15. The molecule has 0 saturated heterocycles. The Labute approximate surface area is 137 Å². The van der Waals surface area contributed by atoms with Crippen molar-refractivity contribution in [2.45, 2.75) is 25.9 Å². The van der Waals surface area contributed by atoms with Crippen molar-refractivity contribution < 1.29 is 0 Å². The molecular formula is C16H18BrN3S. The molecule has 3 nitrogen and oxygen atoms in total. The number of para-hydroxylation sites is 2. The van der Waals surface area contributed by atoms with E-state index in [1.807, 2.05) is 13.1 Å². The third kappa shape index (κ3) is 2.91. The van der Waals surface area contributed by atoms with E-state index in [1.165, 1.54) is 14.2 Å². The van der Waals surface area contributed by atoms with Crippen LogP contribution in [0, 0.1) is 0 Å². The minimum Gasteiger partial charge on any atom is -0.328 e. The normalized spacial score (nSPS) is 12.9. The summed E-state index contributed by atoms with van der Waals surface area (Å²) in [5, 5.41) is 3.41. The quantitative estimate of drug-likeness (QED) is 0.728. The summed E-state index contributed by atoms with van der Waals surface area (Å²) in [6.07, 6.45) is 0.895. The first-order valence-corrected chi connectivity index (χ1v) is 8.70. The second-order valence-corrected chi connectivity index (χ2v) is 7.44. The Balaban J connectivity index is 1.96. The minimum absolute atomic E-state index is 0.295. The van der Waals surface area contributed by atoms with E-state index in [0.717, 1.165) is 24.3 Å². The van der Waals surface area contributed by atoms with Gasteiger partial charge in [0.15, 0.2) is 0 Å². The van der Waals surface area contributed by atoms with Crippen LogP contribution in [-0.4, -0.2) is 16.6 Å². The first kappa shape index (κ1) is 14.8. The minimum atomic E-state index is 0.295. The largest absolute Gasteiger partial charge is 0.328 e. The molecule has 0 saturated carbocycles. The second kappa shape index (κ2) is 6.30. The Morgan fingerprint density at radius 3 is 2.76 bits per heavy atom. The van der Waals surface area contributed by atoms with Gasteiger partial charge in [-0.05, 0) is 54.2 Å². The molecule has 3 rings (SSSR count). The van der Waals surface area contributed by atoms with E-state index in [0.29, 0.717) is 6.04 Å². The summed E-state index contributed by atoms with van der Waals surface area (Å²) in [5.74, 6) is 1.14. The molecular weight excluding hydrogens is 346 g/mol. The number of imidazole rings is 1. The van der Waals surface area contributed by atoms with Gasteiger partial charge in [0, 0.05) is 23.9 Å². The van der Waals surface area contributed by atoms with E-state index in [1.54, 1.807) is 11.3 Å². The number of thiophene rings is 1. The maximum Gasteiger partial charge on any atom is 0.111 e. The number of nitrogens with zero attached hydrogens (tertiary/aromatic N) is 2. The fraction of sp³-hybridized carbons (Fsp3) is 0.312. The molecule has 1 unspecified atom stereocenters.